The van der Waals surface area contributed by atoms with Crippen molar-refractivity contribution >= 4 is 23.1 Å². The Morgan fingerprint density at radius 3 is 2.19 bits per heavy atom. The van der Waals surface area contributed by atoms with E-state index in [0.717, 1.165) is 0 Å². The van der Waals surface area contributed by atoms with Crippen LogP contribution in [-0.2, 0) is 14.3 Å². The van der Waals surface area contributed by atoms with Crippen molar-refractivity contribution in [1.82, 2.24) is 4.90 Å². The normalized spacial score (nSPS) is 17.4. The minimum absolute atomic E-state index is 0.342. The lowest BCUT2D eigenvalue weighted by Crippen LogP contribution is -2.40. The number of hydrogen-bond donors (Lipinski definition) is 0. The van der Waals surface area contributed by atoms with E-state index in [1.54, 1.807) is 24.3 Å². The second-order valence-corrected chi connectivity index (χ2v) is 6.29. The molecule has 0 unspecified atom stereocenters. The van der Waals surface area contributed by atoms with E-state index in [9.17, 15) is 9.59 Å². The highest BCUT2D eigenvalue weighted by molar-refractivity contribution is 6.45. The Balaban J connectivity index is 1.80. The van der Waals surface area contributed by atoms with E-state index in [-0.39, 0.29) is 11.8 Å². The van der Waals surface area contributed by atoms with E-state index in [0.29, 0.717) is 54.4 Å². The number of anilines is 1. The van der Waals surface area contributed by atoms with Gasteiger partial charge in [0.2, 0.25) is 0 Å². The molecule has 0 radical (unpaired) electrons. The topological polar surface area (TPSA) is 73.6 Å². The summed E-state index contributed by atoms with van der Waals surface area (Å²) in [5, 5.41) is 8.98. The lowest BCUT2D eigenvalue weighted by atomic mass is 10.0. The quantitative estimate of drug-likeness (QED) is 0.786. The summed E-state index contributed by atoms with van der Waals surface area (Å²) in [5.74, 6) is -0.692. The van der Waals surface area contributed by atoms with E-state index in [1.165, 1.54) is 4.90 Å². The number of ether oxygens (including phenoxy) is 1. The van der Waals surface area contributed by atoms with Crippen LogP contribution in [0.5, 0.6) is 0 Å². The number of benzene rings is 2. The fraction of sp³-hybridized carbons (Fsp3) is 0.190. The number of carbonyl (C=O) groups is 2. The third-order valence-electron chi connectivity index (χ3n) is 4.70. The zero-order valence-corrected chi connectivity index (χ0v) is 14.6. The molecule has 2 aliphatic heterocycles. The highest BCUT2D eigenvalue weighted by atomic mass is 16.5. The second kappa shape index (κ2) is 7.06. The van der Waals surface area contributed by atoms with Gasteiger partial charge >= 0.3 is 0 Å². The maximum absolute atomic E-state index is 13.3. The number of hydrogen-bond acceptors (Lipinski definition) is 5. The lowest BCUT2D eigenvalue weighted by Gasteiger charge is -2.29. The van der Waals surface area contributed by atoms with E-state index in [2.05, 4.69) is 0 Å². The molecule has 2 heterocycles. The first kappa shape index (κ1) is 17.0. The van der Waals surface area contributed by atoms with Crippen LogP contribution in [0.3, 0.4) is 0 Å². The van der Waals surface area contributed by atoms with Gasteiger partial charge < -0.3 is 9.64 Å². The minimum atomic E-state index is -0.350. The van der Waals surface area contributed by atoms with Gasteiger partial charge in [0, 0.05) is 13.1 Å². The number of nitrogens with zero attached hydrogens (tertiary/aromatic N) is 3. The highest BCUT2D eigenvalue weighted by Crippen LogP contribution is 2.35. The summed E-state index contributed by atoms with van der Waals surface area (Å²) in [5.41, 5.74) is 2.47. The minimum Gasteiger partial charge on any atom is -0.378 e. The molecule has 2 aromatic rings. The Hall–Kier alpha value is -3.43. The Morgan fingerprint density at radius 2 is 1.56 bits per heavy atom. The van der Waals surface area contributed by atoms with Gasteiger partial charge in [-0.05, 0) is 29.8 Å². The zero-order chi connectivity index (χ0) is 18.8. The van der Waals surface area contributed by atoms with Crippen LogP contribution in [0.4, 0.5) is 5.69 Å². The third kappa shape index (κ3) is 2.98. The van der Waals surface area contributed by atoms with Crippen LogP contribution in [0.25, 0.3) is 5.57 Å². The maximum atomic E-state index is 13.3. The first-order valence-electron chi connectivity index (χ1n) is 8.72. The summed E-state index contributed by atoms with van der Waals surface area (Å²) < 4.78 is 5.39. The summed E-state index contributed by atoms with van der Waals surface area (Å²) in [4.78, 5) is 29.6. The predicted molar refractivity (Wildman–Crippen MR) is 99.4 cm³/mol. The Kier molecular flexibility index (Phi) is 4.45. The Bertz CT molecular complexity index is 952. The second-order valence-electron chi connectivity index (χ2n) is 6.29. The molecule has 6 nitrogen and oxygen atoms in total. The van der Waals surface area contributed by atoms with Crippen molar-refractivity contribution in [3.8, 4) is 6.07 Å². The van der Waals surface area contributed by atoms with Gasteiger partial charge in [0.05, 0.1) is 36.1 Å². The number of amides is 2. The molecule has 1 saturated heterocycles. The molecule has 0 saturated carbocycles. The predicted octanol–water partition coefficient (Wildman–Crippen LogP) is 2.17. The van der Waals surface area contributed by atoms with Crippen molar-refractivity contribution in [2.45, 2.75) is 0 Å². The summed E-state index contributed by atoms with van der Waals surface area (Å²) in [6.45, 7) is 2.16. The maximum Gasteiger partial charge on any atom is 0.282 e. The fourth-order valence-electron chi connectivity index (χ4n) is 3.38. The van der Waals surface area contributed by atoms with Crippen LogP contribution in [0.2, 0.25) is 0 Å². The van der Waals surface area contributed by atoms with E-state index >= 15 is 0 Å². The molecule has 0 bridgehead atoms. The first-order chi connectivity index (χ1) is 13.2. The van der Waals surface area contributed by atoms with Crippen molar-refractivity contribution < 1.29 is 14.3 Å². The molecule has 6 heteroatoms. The van der Waals surface area contributed by atoms with Crippen molar-refractivity contribution in [2.24, 2.45) is 0 Å². The molecular weight excluding hydrogens is 342 g/mol. The summed E-state index contributed by atoms with van der Waals surface area (Å²) in [6.07, 6.45) is 0. The Labute approximate surface area is 156 Å². The van der Waals surface area contributed by atoms with Gasteiger partial charge in [-0.25, -0.2) is 4.90 Å². The molecular formula is C21H17N3O3. The molecule has 0 aliphatic carbocycles. The first-order valence-corrected chi connectivity index (χ1v) is 8.72. The fourth-order valence-corrected chi connectivity index (χ4v) is 3.38. The van der Waals surface area contributed by atoms with Crippen LogP contribution >= 0.6 is 0 Å². The largest absolute Gasteiger partial charge is 0.378 e. The molecule has 27 heavy (non-hydrogen) atoms. The average Bonchev–Trinajstić information content (AvgIpc) is 2.99. The summed E-state index contributed by atoms with van der Waals surface area (Å²) in [6, 6.07) is 17.7. The van der Waals surface area contributed by atoms with Gasteiger partial charge in [0.1, 0.15) is 5.70 Å². The van der Waals surface area contributed by atoms with Crippen molar-refractivity contribution in [2.75, 3.05) is 31.2 Å². The highest BCUT2D eigenvalue weighted by Gasteiger charge is 2.42. The molecule has 2 aliphatic rings. The van der Waals surface area contributed by atoms with Gasteiger partial charge in [-0.3, -0.25) is 9.59 Å². The molecule has 2 amide bonds. The van der Waals surface area contributed by atoms with Gasteiger partial charge in [0.15, 0.2) is 0 Å². The average molecular weight is 359 g/mol. The van der Waals surface area contributed by atoms with Gasteiger partial charge in [0.25, 0.3) is 11.8 Å². The molecule has 2 aromatic carbocycles. The monoisotopic (exact) mass is 359 g/mol. The van der Waals surface area contributed by atoms with E-state index < -0.39 is 0 Å². The van der Waals surface area contributed by atoms with Crippen molar-refractivity contribution in [3.05, 3.63) is 71.4 Å². The molecule has 0 atom stereocenters. The van der Waals surface area contributed by atoms with Crippen LogP contribution in [0.1, 0.15) is 11.1 Å². The van der Waals surface area contributed by atoms with Gasteiger partial charge in [-0.15, -0.1) is 0 Å². The standard InChI is InChI=1S/C21H17N3O3/c22-14-15-6-8-17(9-7-15)24-20(25)18(16-4-2-1-3-5-16)19(21(24)26)23-10-12-27-13-11-23/h1-9H,10-13H2. The number of carbonyl (C=O) groups excluding carboxylic acids is 2. The number of morpholine rings is 1. The van der Waals surface area contributed by atoms with Gasteiger partial charge in [-0.2, -0.15) is 5.26 Å². The molecule has 0 N–H and O–H groups in total. The molecule has 0 spiro atoms. The zero-order valence-electron chi connectivity index (χ0n) is 14.6. The molecule has 4 rings (SSSR count). The van der Waals surface area contributed by atoms with E-state index in [4.69, 9.17) is 10.00 Å². The number of nitriles is 1. The summed E-state index contributed by atoms with van der Waals surface area (Å²) >= 11 is 0. The van der Waals surface area contributed by atoms with E-state index in [1.807, 2.05) is 41.3 Å². The third-order valence-corrected chi connectivity index (χ3v) is 4.70. The van der Waals surface area contributed by atoms with Crippen LogP contribution in [-0.4, -0.2) is 43.0 Å². The van der Waals surface area contributed by atoms with Gasteiger partial charge in [-0.1, -0.05) is 30.3 Å². The van der Waals surface area contributed by atoms with Crippen molar-refractivity contribution in [3.63, 3.8) is 0 Å². The smallest absolute Gasteiger partial charge is 0.282 e. The Morgan fingerprint density at radius 1 is 0.889 bits per heavy atom. The van der Waals surface area contributed by atoms with Crippen molar-refractivity contribution in [1.29, 1.82) is 5.26 Å². The molecule has 1 fully saturated rings. The lowest BCUT2D eigenvalue weighted by molar-refractivity contribution is -0.121. The van der Waals surface area contributed by atoms with Crippen LogP contribution in [0.15, 0.2) is 60.3 Å². The number of imide groups is 1. The molecule has 0 aromatic heterocycles. The van der Waals surface area contributed by atoms with Crippen LogP contribution in [0, 0.1) is 11.3 Å². The number of rotatable bonds is 3. The molecule has 134 valence electrons. The summed E-state index contributed by atoms with van der Waals surface area (Å²) in [7, 11) is 0. The SMILES string of the molecule is N#Cc1ccc(N2C(=O)C(c3ccccc3)=C(N3CCOCC3)C2=O)cc1. The van der Waals surface area contributed by atoms with Crippen LogP contribution < -0.4 is 4.90 Å².